The summed E-state index contributed by atoms with van der Waals surface area (Å²) >= 11 is 1.54. The summed E-state index contributed by atoms with van der Waals surface area (Å²) in [6.45, 7) is 4.46. The zero-order chi connectivity index (χ0) is 16.2. The van der Waals surface area contributed by atoms with Crippen LogP contribution in [0.15, 0.2) is 24.3 Å². The fourth-order valence-electron chi connectivity index (χ4n) is 2.44. The fourth-order valence-corrected chi connectivity index (χ4v) is 3.52. The molecule has 122 valence electrons. The Morgan fingerprint density at radius 2 is 2.13 bits per heavy atom. The SMILES string of the molecule is CCOc1ccc(NC(=O)Nc2nc3c(s2)CN(C)CC3)cc1. The molecule has 2 aromatic rings. The lowest BCUT2D eigenvalue weighted by Crippen LogP contribution is -2.25. The second kappa shape index (κ2) is 6.97. The molecule has 0 saturated heterocycles. The Labute approximate surface area is 139 Å². The predicted octanol–water partition coefficient (Wildman–Crippen LogP) is 3.17. The van der Waals surface area contributed by atoms with Gasteiger partial charge in [0.05, 0.1) is 12.3 Å². The molecule has 1 aromatic carbocycles. The van der Waals surface area contributed by atoms with Crippen molar-refractivity contribution < 1.29 is 9.53 Å². The van der Waals surface area contributed by atoms with Crippen LogP contribution in [-0.2, 0) is 13.0 Å². The van der Waals surface area contributed by atoms with E-state index in [9.17, 15) is 4.79 Å². The van der Waals surface area contributed by atoms with E-state index in [1.54, 1.807) is 11.3 Å². The third-order valence-electron chi connectivity index (χ3n) is 3.57. The number of nitrogens with one attached hydrogen (secondary N) is 2. The molecule has 6 nitrogen and oxygen atoms in total. The van der Waals surface area contributed by atoms with Gasteiger partial charge in [0.15, 0.2) is 5.13 Å². The molecule has 2 N–H and O–H groups in total. The van der Waals surface area contributed by atoms with Gasteiger partial charge in [0.1, 0.15) is 5.75 Å². The van der Waals surface area contributed by atoms with Crippen LogP contribution in [0, 0.1) is 0 Å². The minimum Gasteiger partial charge on any atom is -0.494 e. The second-order valence-corrected chi connectivity index (χ2v) is 6.50. The molecule has 23 heavy (non-hydrogen) atoms. The minimum absolute atomic E-state index is 0.284. The Morgan fingerprint density at radius 3 is 2.87 bits per heavy atom. The summed E-state index contributed by atoms with van der Waals surface area (Å²) in [6.07, 6.45) is 0.935. The number of likely N-dealkylation sites (N-methyl/N-ethyl adjacent to an activating group) is 1. The van der Waals surface area contributed by atoms with E-state index >= 15 is 0 Å². The maximum absolute atomic E-state index is 12.1. The number of fused-ring (bicyclic) bond motifs is 1. The zero-order valence-electron chi connectivity index (χ0n) is 13.3. The number of hydrogen-bond acceptors (Lipinski definition) is 5. The van der Waals surface area contributed by atoms with E-state index in [1.165, 1.54) is 4.88 Å². The lowest BCUT2D eigenvalue weighted by Gasteiger charge is -2.20. The van der Waals surface area contributed by atoms with E-state index in [4.69, 9.17) is 4.74 Å². The van der Waals surface area contributed by atoms with Gasteiger partial charge in [-0.3, -0.25) is 5.32 Å². The fraction of sp³-hybridized carbons (Fsp3) is 0.375. The summed E-state index contributed by atoms with van der Waals surface area (Å²) in [6, 6.07) is 7.00. The number of ether oxygens (including phenoxy) is 1. The van der Waals surface area contributed by atoms with Crippen molar-refractivity contribution in [3.05, 3.63) is 34.8 Å². The Hall–Kier alpha value is -2.12. The Kier molecular flexibility index (Phi) is 4.78. The molecule has 0 fully saturated rings. The normalized spacial score (nSPS) is 14.2. The molecule has 0 atom stereocenters. The van der Waals surface area contributed by atoms with Crippen LogP contribution in [0.2, 0.25) is 0 Å². The molecule has 3 rings (SSSR count). The van der Waals surface area contributed by atoms with Gasteiger partial charge in [0.25, 0.3) is 0 Å². The van der Waals surface area contributed by atoms with Crippen molar-refractivity contribution in [3.63, 3.8) is 0 Å². The molecule has 0 spiro atoms. The molecule has 1 aromatic heterocycles. The standard InChI is InChI=1S/C16H20N4O2S/c1-3-22-12-6-4-11(5-7-12)17-15(21)19-16-18-13-8-9-20(2)10-14(13)23-16/h4-7H,3,8-10H2,1-2H3,(H2,17,18,19,21). The quantitative estimate of drug-likeness (QED) is 0.902. The molecule has 0 bridgehead atoms. The highest BCUT2D eigenvalue weighted by Crippen LogP contribution is 2.27. The lowest BCUT2D eigenvalue weighted by molar-refractivity contribution is 0.262. The molecular weight excluding hydrogens is 312 g/mol. The molecule has 0 unspecified atom stereocenters. The van der Waals surface area contributed by atoms with Crippen LogP contribution in [0.3, 0.4) is 0 Å². The molecule has 2 amide bonds. The van der Waals surface area contributed by atoms with Crippen LogP contribution in [0.25, 0.3) is 0 Å². The summed E-state index contributed by atoms with van der Waals surface area (Å²) in [5.74, 6) is 0.787. The number of nitrogens with zero attached hydrogens (tertiary/aromatic N) is 2. The van der Waals surface area contributed by atoms with Crippen LogP contribution in [0.5, 0.6) is 5.75 Å². The van der Waals surface area contributed by atoms with Crippen LogP contribution in [0.4, 0.5) is 15.6 Å². The second-order valence-electron chi connectivity index (χ2n) is 5.41. The van der Waals surface area contributed by atoms with Crippen molar-refractivity contribution in [1.82, 2.24) is 9.88 Å². The van der Waals surface area contributed by atoms with Gasteiger partial charge in [-0.1, -0.05) is 0 Å². The summed E-state index contributed by atoms with van der Waals surface area (Å²) in [4.78, 5) is 20.1. The number of thiazole rings is 1. The number of rotatable bonds is 4. The lowest BCUT2D eigenvalue weighted by atomic mass is 10.2. The Morgan fingerprint density at radius 1 is 1.35 bits per heavy atom. The van der Waals surface area contributed by atoms with Crippen molar-refractivity contribution >= 4 is 28.2 Å². The largest absolute Gasteiger partial charge is 0.494 e. The number of urea groups is 1. The third-order valence-corrected chi connectivity index (χ3v) is 4.56. The summed E-state index contributed by atoms with van der Waals surface area (Å²) in [5.41, 5.74) is 1.82. The number of carbonyl (C=O) groups is 1. The maximum Gasteiger partial charge on any atom is 0.325 e. The third kappa shape index (κ3) is 4.00. The van der Waals surface area contributed by atoms with Crippen LogP contribution >= 0.6 is 11.3 Å². The predicted molar refractivity (Wildman–Crippen MR) is 92.4 cm³/mol. The molecule has 0 aliphatic carbocycles. The Balaban J connectivity index is 1.59. The van der Waals surface area contributed by atoms with Crippen molar-refractivity contribution in [2.75, 3.05) is 30.8 Å². The highest BCUT2D eigenvalue weighted by Gasteiger charge is 2.19. The van der Waals surface area contributed by atoms with Gasteiger partial charge >= 0.3 is 6.03 Å². The number of carbonyl (C=O) groups excluding carboxylic acids is 1. The smallest absolute Gasteiger partial charge is 0.325 e. The number of anilines is 2. The maximum atomic E-state index is 12.1. The van der Waals surface area contributed by atoms with E-state index in [0.717, 1.165) is 31.0 Å². The first-order valence-electron chi connectivity index (χ1n) is 7.62. The molecule has 1 aliphatic rings. The number of aromatic nitrogens is 1. The molecule has 2 heterocycles. The first kappa shape index (κ1) is 15.8. The topological polar surface area (TPSA) is 66.5 Å². The van der Waals surface area contributed by atoms with Crippen LogP contribution < -0.4 is 15.4 Å². The minimum atomic E-state index is -0.284. The average Bonchev–Trinajstić information content (AvgIpc) is 2.90. The van der Waals surface area contributed by atoms with Gasteiger partial charge in [0.2, 0.25) is 0 Å². The van der Waals surface area contributed by atoms with Crippen molar-refractivity contribution in [1.29, 1.82) is 0 Å². The first-order valence-corrected chi connectivity index (χ1v) is 8.43. The van der Waals surface area contributed by atoms with E-state index in [2.05, 4.69) is 27.6 Å². The highest BCUT2D eigenvalue weighted by molar-refractivity contribution is 7.15. The van der Waals surface area contributed by atoms with E-state index < -0.39 is 0 Å². The molecule has 1 aliphatic heterocycles. The van der Waals surface area contributed by atoms with Gasteiger partial charge < -0.3 is 15.0 Å². The van der Waals surface area contributed by atoms with Gasteiger partial charge in [-0.05, 0) is 38.2 Å². The van der Waals surface area contributed by atoms with Gasteiger partial charge in [-0.2, -0.15) is 0 Å². The highest BCUT2D eigenvalue weighted by atomic mass is 32.1. The number of amides is 2. The summed E-state index contributed by atoms with van der Waals surface area (Å²) in [5, 5.41) is 6.26. The summed E-state index contributed by atoms with van der Waals surface area (Å²) in [7, 11) is 2.09. The van der Waals surface area contributed by atoms with E-state index in [-0.39, 0.29) is 6.03 Å². The molecule has 0 radical (unpaired) electrons. The van der Waals surface area contributed by atoms with Crippen LogP contribution in [0.1, 0.15) is 17.5 Å². The van der Waals surface area contributed by atoms with Crippen molar-refractivity contribution in [2.24, 2.45) is 0 Å². The first-order chi connectivity index (χ1) is 11.1. The Bertz CT molecular complexity index is 684. The van der Waals surface area contributed by atoms with Gasteiger partial charge in [-0.25, -0.2) is 9.78 Å². The van der Waals surface area contributed by atoms with Crippen LogP contribution in [-0.4, -0.2) is 36.1 Å². The van der Waals surface area contributed by atoms with Gasteiger partial charge in [0, 0.05) is 30.1 Å². The van der Waals surface area contributed by atoms with E-state index in [0.29, 0.717) is 17.4 Å². The van der Waals surface area contributed by atoms with E-state index in [1.807, 2.05) is 31.2 Å². The monoisotopic (exact) mass is 332 g/mol. The number of hydrogen-bond donors (Lipinski definition) is 2. The zero-order valence-corrected chi connectivity index (χ0v) is 14.1. The van der Waals surface area contributed by atoms with Gasteiger partial charge in [-0.15, -0.1) is 11.3 Å². The average molecular weight is 332 g/mol. The van der Waals surface area contributed by atoms with Crippen molar-refractivity contribution in [2.45, 2.75) is 19.9 Å². The molecule has 7 heteroatoms. The molecule has 0 saturated carbocycles. The summed E-state index contributed by atoms with van der Waals surface area (Å²) < 4.78 is 5.38. The van der Waals surface area contributed by atoms with Crippen molar-refractivity contribution in [3.8, 4) is 5.75 Å². The number of benzene rings is 1. The molecular formula is C16H20N4O2S.